The average molecular weight is 497 g/mol. The molecule has 176 valence electrons. The van der Waals surface area contributed by atoms with E-state index in [0.717, 1.165) is 18.2 Å². The van der Waals surface area contributed by atoms with Gasteiger partial charge in [0.1, 0.15) is 0 Å². The molecule has 0 aliphatic heterocycles. The van der Waals surface area contributed by atoms with Gasteiger partial charge in [-0.1, -0.05) is 12.1 Å². The van der Waals surface area contributed by atoms with Crippen molar-refractivity contribution < 1.29 is 31.1 Å². The molecule has 0 atom stereocenters. The van der Waals surface area contributed by atoms with Crippen molar-refractivity contribution in [3.05, 3.63) is 88.7 Å². The lowest BCUT2D eigenvalue weighted by Gasteiger charge is -2.14. The summed E-state index contributed by atoms with van der Waals surface area (Å²) in [6.45, 7) is 0. The maximum atomic E-state index is 13.9. The molecule has 0 saturated carbocycles. The summed E-state index contributed by atoms with van der Waals surface area (Å²) >= 11 is 5.13. The summed E-state index contributed by atoms with van der Waals surface area (Å²) in [4.78, 5) is 15.5. The van der Waals surface area contributed by atoms with E-state index in [2.05, 4.69) is 15.4 Å². The fourth-order valence-electron chi connectivity index (χ4n) is 3.25. The molecule has 6 nitrogen and oxygen atoms in total. The lowest BCUT2D eigenvalue weighted by molar-refractivity contribution is -0.143. The van der Waals surface area contributed by atoms with E-state index in [4.69, 9.17) is 12.2 Å². The van der Waals surface area contributed by atoms with Gasteiger partial charge in [-0.2, -0.15) is 31.4 Å². The summed E-state index contributed by atoms with van der Waals surface area (Å²) in [5.74, 6) is -1.14. The third-order valence-electron chi connectivity index (χ3n) is 4.73. The molecule has 0 bridgehead atoms. The smallest absolute Gasteiger partial charge is 0.337 e. The molecule has 13 heteroatoms. The highest BCUT2D eigenvalue weighted by Crippen LogP contribution is 2.36. The van der Waals surface area contributed by atoms with Crippen LogP contribution in [0.3, 0.4) is 0 Å². The molecule has 0 unspecified atom stereocenters. The molecule has 0 aliphatic rings. The Morgan fingerprint density at radius 1 is 0.971 bits per heavy atom. The standard InChI is InChI=1S/C21H13F6N5OS/c22-20(23,24)12-3-1-6-15(9-12)32-17(21(25,26)27)16(11-29-32)18(33)30-13-4-2-5-14(10-13)31-8-7-28-19(31)34/h1-11H,(H,28,34)(H,30,33). The number of imidazole rings is 1. The third kappa shape index (κ3) is 4.59. The molecule has 0 spiro atoms. The number of benzene rings is 2. The predicted octanol–water partition coefficient (Wildman–Crippen LogP) is 6.01. The number of H-pyrrole nitrogens is 1. The second kappa shape index (κ2) is 8.48. The Bertz CT molecular complexity index is 1420. The summed E-state index contributed by atoms with van der Waals surface area (Å²) in [6.07, 6.45) is -5.98. The van der Waals surface area contributed by atoms with E-state index in [1.165, 1.54) is 12.1 Å². The number of anilines is 1. The molecule has 0 aliphatic carbocycles. The van der Waals surface area contributed by atoms with E-state index in [1.807, 2.05) is 0 Å². The highest BCUT2D eigenvalue weighted by molar-refractivity contribution is 7.71. The first-order valence-corrected chi connectivity index (χ1v) is 9.86. The monoisotopic (exact) mass is 497 g/mol. The van der Waals surface area contributed by atoms with Gasteiger partial charge in [0.2, 0.25) is 0 Å². The number of carbonyl (C=O) groups excluding carboxylic acids is 1. The van der Waals surface area contributed by atoms with Crippen LogP contribution >= 0.6 is 12.2 Å². The average Bonchev–Trinajstić information content (AvgIpc) is 3.40. The van der Waals surface area contributed by atoms with Crippen molar-refractivity contribution in [1.82, 2.24) is 19.3 Å². The quantitative estimate of drug-likeness (QED) is 0.268. The first kappa shape index (κ1) is 23.3. The highest BCUT2D eigenvalue weighted by atomic mass is 32.1. The van der Waals surface area contributed by atoms with E-state index in [0.29, 0.717) is 22.7 Å². The van der Waals surface area contributed by atoms with Gasteiger partial charge in [-0.05, 0) is 48.6 Å². The molecular weight excluding hydrogens is 484 g/mol. The molecule has 4 rings (SSSR count). The van der Waals surface area contributed by atoms with Crippen LogP contribution in [0.25, 0.3) is 11.4 Å². The maximum Gasteiger partial charge on any atom is 0.434 e. The van der Waals surface area contributed by atoms with Gasteiger partial charge in [-0.3, -0.25) is 9.36 Å². The van der Waals surface area contributed by atoms with E-state index < -0.39 is 40.8 Å². The van der Waals surface area contributed by atoms with Gasteiger partial charge < -0.3 is 10.3 Å². The van der Waals surface area contributed by atoms with Crippen LogP contribution in [-0.2, 0) is 12.4 Å². The zero-order valence-corrected chi connectivity index (χ0v) is 17.6. The van der Waals surface area contributed by atoms with Crippen molar-refractivity contribution in [3.63, 3.8) is 0 Å². The van der Waals surface area contributed by atoms with E-state index in [1.54, 1.807) is 29.1 Å². The van der Waals surface area contributed by atoms with Crippen LogP contribution in [0.15, 0.2) is 67.1 Å². The largest absolute Gasteiger partial charge is 0.434 e. The van der Waals surface area contributed by atoms with Gasteiger partial charge in [0.15, 0.2) is 10.5 Å². The Kier molecular flexibility index (Phi) is 5.81. The van der Waals surface area contributed by atoms with Crippen LogP contribution in [0, 0.1) is 4.77 Å². The molecular formula is C21H13F6N5OS. The number of carbonyl (C=O) groups is 1. The first-order valence-electron chi connectivity index (χ1n) is 9.46. The van der Waals surface area contributed by atoms with Crippen molar-refractivity contribution in [2.45, 2.75) is 12.4 Å². The summed E-state index contributed by atoms with van der Waals surface area (Å²) in [5, 5.41) is 5.92. The minimum atomic E-state index is -5.09. The number of nitrogens with zero attached hydrogens (tertiary/aromatic N) is 3. The molecule has 0 radical (unpaired) electrons. The zero-order valence-electron chi connectivity index (χ0n) is 16.8. The second-order valence-corrected chi connectivity index (χ2v) is 7.39. The Labute approximate surface area is 192 Å². The van der Waals surface area contributed by atoms with Crippen molar-refractivity contribution in [2.24, 2.45) is 0 Å². The van der Waals surface area contributed by atoms with E-state index in [-0.39, 0.29) is 10.4 Å². The fourth-order valence-corrected chi connectivity index (χ4v) is 3.49. The number of aromatic nitrogens is 4. The van der Waals surface area contributed by atoms with Crippen molar-refractivity contribution in [1.29, 1.82) is 0 Å². The van der Waals surface area contributed by atoms with Gasteiger partial charge in [0.25, 0.3) is 5.91 Å². The lowest BCUT2D eigenvalue weighted by Crippen LogP contribution is -2.21. The maximum absolute atomic E-state index is 13.9. The SMILES string of the molecule is O=C(Nc1cccc(-n2cc[nH]c2=S)c1)c1cnn(-c2cccc(C(F)(F)F)c2)c1C(F)(F)F. The van der Waals surface area contributed by atoms with Crippen LogP contribution in [-0.4, -0.2) is 25.2 Å². The molecule has 2 N–H and O–H groups in total. The van der Waals surface area contributed by atoms with Crippen LogP contribution in [0.2, 0.25) is 0 Å². The number of rotatable bonds is 4. The topological polar surface area (TPSA) is 67.6 Å². The predicted molar refractivity (Wildman–Crippen MR) is 112 cm³/mol. The molecule has 4 aromatic rings. The van der Waals surface area contributed by atoms with Gasteiger partial charge in [-0.25, -0.2) is 4.68 Å². The highest BCUT2D eigenvalue weighted by Gasteiger charge is 2.41. The fraction of sp³-hybridized carbons (Fsp3) is 0.0952. The second-order valence-electron chi connectivity index (χ2n) is 7.00. The summed E-state index contributed by atoms with van der Waals surface area (Å²) in [5.41, 5.74) is -3.29. The molecule has 0 fully saturated rings. The summed E-state index contributed by atoms with van der Waals surface area (Å²) < 4.78 is 82.9. The van der Waals surface area contributed by atoms with Crippen molar-refractivity contribution >= 4 is 23.8 Å². The molecule has 2 heterocycles. The first-order chi connectivity index (χ1) is 15.9. The molecule has 34 heavy (non-hydrogen) atoms. The third-order valence-corrected chi connectivity index (χ3v) is 5.05. The zero-order chi connectivity index (χ0) is 24.7. The molecule has 2 aromatic carbocycles. The lowest BCUT2D eigenvalue weighted by atomic mass is 10.1. The van der Waals surface area contributed by atoms with Crippen LogP contribution in [0.1, 0.15) is 21.6 Å². The number of halogens is 6. The Balaban J connectivity index is 1.71. The van der Waals surface area contributed by atoms with E-state index in [9.17, 15) is 31.1 Å². The summed E-state index contributed by atoms with van der Waals surface area (Å²) in [6, 6.07) is 9.42. The number of alkyl halides is 6. The van der Waals surface area contributed by atoms with E-state index >= 15 is 0 Å². The number of nitrogens with one attached hydrogen (secondary N) is 2. The number of hydrogen-bond acceptors (Lipinski definition) is 3. The normalized spacial score (nSPS) is 12.1. The Morgan fingerprint density at radius 3 is 2.32 bits per heavy atom. The van der Waals surface area contributed by atoms with Gasteiger partial charge in [0, 0.05) is 23.8 Å². The molecule has 1 amide bonds. The number of aromatic amines is 1. The number of amides is 1. The van der Waals surface area contributed by atoms with Gasteiger partial charge in [-0.15, -0.1) is 0 Å². The molecule has 0 saturated heterocycles. The van der Waals surface area contributed by atoms with Crippen LogP contribution < -0.4 is 5.32 Å². The van der Waals surface area contributed by atoms with Gasteiger partial charge in [0.05, 0.1) is 23.0 Å². The Morgan fingerprint density at radius 2 is 1.68 bits per heavy atom. The Hall–Kier alpha value is -3.87. The molecule has 2 aromatic heterocycles. The number of hydrogen-bond donors (Lipinski definition) is 2. The van der Waals surface area contributed by atoms with Gasteiger partial charge >= 0.3 is 12.4 Å². The minimum absolute atomic E-state index is 0.172. The van der Waals surface area contributed by atoms with Crippen LogP contribution in [0.4, 0.5) is 32.0 Å². The van der Waals surface area contributed by atoms with Crippen LogP contribution in [0.5, 0.6) is 0 Å². The van der Waals surface area contributed by atoms with Crippen molar-refractivity contribution in [3.8, 4) is 11.4 Å². The van der Waals surface area contributed by atoms with Crippen molar-refractivity contribution in [2.75, 3.05) is 5.32 Å². The minimum Gasteiger partial charge on any atom is -0.337 e. The summed E-state index contributed by atoms with van der Waals surface area (Å²) in [7, 11) is 0.